The highest BCUT2D eigenvalue weighted by molar-refractivity contribution is 8.13. The first-order chi connectivity index (χ1) is 5.95. The highest BCUT2D eigenvalue weighted by atomic mass is 32.2. The van der Waals surface area contributed by atoms with E-state index in [1.54, 1.807) is 23.1 Å². The van der Waals surface area contributed by atoms with E-state index in [9.17, 15) is 0 Å². The third kappa shape index (κ3) is 1.98. The highest BCUT2D eigenvalue weighted by Gasteiger charge is 2.05. The van der Waals surface area contributed by atoms with E-state index >= 15 is 0 Å². The Bertz CT molecular complexity index is 268. The van der Waals surface area contributed by atoms with Crippen LogP contribution in [0.5, 0.6) is 0 Å². The smallest absolute Gasteiger partial charge is 0.157 e. The Morgan fingerprint density at radius 2 is 2.67 bits per heavy atom. The molecule has 0 spiro atoms. The van der Waals surface area contributed by atoms with Gasteiger partial charge < -0.3 is 5.32 Å². The number of aliphatic imine (C=N–C) groups is 1. The Morgan fingerprint density at radius 1 is 1.67 bits per heavy atom. The van der Waals surface area contributed by atoms with Gasteiger partial charge in [0.2, 0.25) is 0 Å². The molecule has 1 aliphatic heterocycles. The second-order valence-electron chi connectivity index (χ2n) is 2.33. The van der Waals surface area contributed by atoms with E-state index in [2.05, 4.69) is 15.3 Å². The van der Waals surface area contributed by atoms with Crippen molar-refractivity contribution in [2.45, 2.75) is 5.75 Å². The molecule has 1 aliphatic rings. The zero-order chi connectivity index (χ0) is 8.23. The van der Waals surface area contributed by atoms with Crippen LogP contribution in [0.2, 0.25) is 0 Å². The van der Waals surface area contributed by atoms with Gasteiger partial charge in [-0.3, -0.25) is 4.99 Å². The maximum atomic E-state index is 4.28. The van der Waals surface area contributed by atoms with Gasteiger partial charge in [0.25, 0.3) is 0 Å². The van der Waals surface area contributed by atoms with Crippen molar-refractivity contribution in [3.8, 4) is 0 Å². The quantitative estimate of drug-likeness (QED) is 0.781. The number of thiazole rings is 1. The molecule has 1 aromatic rings. The molecule has 1 N–H and O–H groups in total. The number of rotatable bonds is 2. The number of hydrogen-bond acceptors (Lipinski definition) is 5. The summed E-state index contributed by atoms with van der Waals surface area (Å²) in [5, 5.41) is 7.43. The highest BCUT2D eigenvalue weighted by Crippen LogP contribution is 2.15. The summed E-state index contributed by atoms with van der Waals surface area (Å²) in [7, 11) is 0. The Hall–Kier alpha value is -0.550. The van der Waals surface area contributed by atoms with Crippen molar-refractivity contribution in [3.05, 3.63) is 16.6 Å². The molecule has 3 nitrogen and oxygen atoms in total. The third-order valence-corrected chi connectivity index (χ3v) is 3.39. The number of thioether (sulfide) groups is 1. The van der Waals surface area contributed by atoms with Crippen LogP contribution in [0, 0.1) is 0 Å². The lowest BCUT2D eigenvalue weighted by molar-refractivity contribution is 0.963. The third-order valence-electron chi connectivity index (χ3n) is 1.46. The van der Waals surface area contributed by atoms with Crippen molar-refractivity contribution in [2.75, 3.05) is 13.1 Å². The molecule has 0 radical (unpaired) electrons. The minimum Gasteiger partial charge on any atom is -0.363 e. The molecule has 0 bridgehead atoms. The van der Waals surface area contributed by atoms with Crippen LogP contribution in [0.4, 0.5) is 0 Å². The molecule has 0 amide bonds. The molecule has 12 heavy (non-hydrogen) atoms. The molecule has 0 aliphatic carbocycles. The van der Waals surface area contributed by atoms with Crippen LogP contribution in [0.25, 0.3) is 0 Å². The summed E-state index contributed by atoms with van der Waals surface area (Å²) < 4.78 is 0. The van der Waals surface area contributed by atoms with Gasteiger partial charge in [-0.05, 0) is 0 Å². The predicted molar refractivity (Wildman–Crippen MR) is 53.7 cm³/mol. The summed E-state index contributed by atoms with van der Waals surface area (Å²) in [4.78, 5) is 8.47. The van der Waals surface area contributed by atoms with Crippen molar-refractivity contribution in [1.29, 1.82) is 0 Å². The summed E-state index contributed by atoms with van der Waals surface area (Å²) in [6.45, 7) is 1.90. The van der Waals surface area contributed by atoms with Crippen molar-refractivity contribution in [3.63, 3.8) is 0 Å². The standard InChI is InChI=1S/C7H9N3S2/c1-2-10-7(9-1)12-5-6-8-3-4-11-6/h3-4H,1-2,5H2,(H,9,10). The number of amidine groups is 1. The fourth-order valence-electron chi connectivity index (χ4n) is 0.927. The largest absolute Gasteiger partial charge is 0.363 e. The lowest BCUT2D eigenvalue weighted by Crippen LogP contribution is -2.14. The first kappa shape index (κ1) is 8.07. The number of hydrogen-bond donors (Lipinski definition) is 1. The van der Waals surface area contributed by atoms with Crippen molar-refractivity contribution < 1.29 is 0 Å². The molecule has 0 saturated carbocycles. The second kappa shape index (κ2) is 3.91. The predicted octanol–water partition coefficient (Wildman–Crippen LogP) is 1.34. The zero-order valence-electron chi connectivity index (χ0n) is 6.49. The molecular formula is C7H9N3S2. The van der Waals surface area contributed by atoms with E-state index in [-0.39, 0.29) is 0 Å². The van der Waals surface area contributed by atoms with Crippen LogP contribution >= 0.6 is 23.1 Å². The number of nitrogens with one attached hydrogen (secondary N) is 1. The Kier molecular flexibility index (Phi) is 2.63. The van der Waals surface area contributed by atoms with Gasteiger partial charge in [0.1, 0.15) is 5.01 Å². The minimum atomic E-state index is 0.917. The van der Waals surface area contributed by atoms with Gasteiger partial charge in [-0.15, -0.1) is 11.3 Å². The van der Waals surface area contributed by atoms with Gasteiger partial charge in [-0.1, -0.05) is 11.8 Å². The van der Waals surface area contributed by atoms with Crippen molar-refractivity contribution >= 4 is 28.3 Å². The van der Waals surface area contributed by atoms with E-state index < -0.39 is 0 Å². The van der Waals surface area contributed by atoms with Crippen molar-refractivity contribution in [1.82, 2.24) is 10.3 Å². The molecular weight excluding hydrogens is 190 g/mol. The van der Waals surface area contributed by atoms with Gasteiger partial charge in [0.05, 0.1) is 12.3 Å². The van der Waals surface area contributed by atoms with Crippen LogP contribution in [0.15, 0.2) is 16.6 Å². The minimum absolute atomic E-state index is 0.917. The van der Waals surface area contributed by atoms with Crippen LogP contribution in [0.3, 0.4) is 0 Å². The number of aromatic nitrogens is 1. The monoisotopic (exact) mass is 199 g/mol. The van der Waals surface area contributed by atoms with Crippen LogP contribution in [-0.2, 0) is 5.75 Å². The number of nitrogens with zero attached hydrogens (tertiary/aromatic N) is 2. The van der Waals surface area contributed by atoms with Crippen LogP contribution in [0.1, 0.15) is 5.01 Å². The molecule has 2 rings (SSSR count). The SMILES string of the molecule is c1csc(CSC2=NCCN2)n1. The zero-order valence-corrected chi connectivity index (χ0v) is 8.12. The lowest BCUT2D eigenvalue weighted by atomic mass is 10.7. The summed E-state index contributed by atoms with van der Waals surface area (Å²) >= 11 is 3.42. The Morgan fingerprint density at radius 3 is 3.33 bits per heavy atom. The van der Waals surface area contributed by atoms with E-state index in [4.69, 9.17) is 0 Å². The second-order valence-corrected chi connectivity index (χ2v) is 4.27. The van der Waals surface area contributed by atoms with Gasteiger partial charge in [-0.25, -0.2) is 4.98 Å². The first-order valence-corrected chi connectivity index (χ1v) is 5.61. The molecule has 2 heterocycles. The summed E-state index contributed by atoms with van der Waals surface area (Å²) in [6.07, 6.45) is 1.84. The van der Waals surface area contributed by atoms with E-state index in [1.165, 1.54) is 0 Å². The molecule has 0 unspecified atom stereocenters. The maximum absolute atomic E-state index is 4.28. The molecule has 1 aromatic heterocycles. The van der Waals surface area contributed by atoms with E-state index in [1.807, 2.05) is 11.6 Å². The molecule has 0 atom stereocenters. The first-order valence-electron chi connectivity index (χ1n) is 3.74. The molecule has 64 valence electrons. The van der Waals surface area contributed by atoms with Gasteiger partial charge in [0.15, 0.2) is 5.17 Å². The fourth-order valence-corrected chi connectivity index (χ4v) is 2.50. The fraction of sp³-hybridized carbons (Fsp3) is 0.429. The van der Waals surface area contributed by atoms with Gasteiger partial charge in [-0.2, -0.15) is 0 Å². The Labute approximate surface area is 79.3 Å². The van der Waals surface area contributed by atoms with Crippen LogP contribution in [-0.4, -0.2) is 23.2 Å². The molecule has 0 saturated heterocycles. The topological polar surface area (TPSA) is 37.3 Å². The van der Waals surface area contributed by atoms with Crippen LogP contribution < -0.4 is 5.32 Å². The normalized spacial score (nSPS) is 15.8. The maximum Gasteiger partial charge on any atom is 0.157 e. The van der Waals surface area contributed by atoms with Crippen molar-refractivity contribution in [2.24, 2.45) is 4.99 Å². The van der Waals surface area contributed by atoms with E-state index in [0.29, 0.717) is 0 Å². The van der Waals surface area contributed by atoms with E-state index in [0.717, 1.165) is 29.0 Å². The molecule has 0 aromatic carbocycles. The molecule has 5 heteroatoms. The summed E-state index contributed by atoms with van der Waals surface area (Å²) in [5.74, 6) is 0.934. The average Bonchev–Trinajstić information content (AvgIpc) is 2.74. The molecule has 0 fully saturated rings. The van der Waals surface area contributed by atoms with Gasteiger partial charge >= 0.3 is 0 Å². The van der Waals surface area contributed by atoms with Gasteiger partial charge in [0, 0.05) is 18.1 Å². The summed E-state index contributed by atoms with van der Waals surface area (Å²) in [6, 6.07) is 0. The average molecular weight is 199 g/mol. The lowest BCUT2D eigenvalue weighted by Gasteiger charge is -1.97. The summed E-state index contributed by atoms with van der Waals surface area (Å²) in [5.41, 5.74) is 0. The Balaban J connectivity index is 1.82.